The number of nitro benzene ring substituents is 1. The van der Waals surface area contributed by atoms with Crippen molar-refractivity contribution in [2.45, 2.75) is 37.6 Å². The van der Waals surface area contributed by atoms with Gasteiger partial charge in [-0.2, -0.15) is 11.8 Å². The summed E-state index contributed by atoms with van der Waals surface area (Å²) in [4.78, 5) is 40.9. The summed E-state index contributed by atoms with van der Waals surface area (Å²) >= 11 is 1.59. The quantitative estimate of drug-likeness (QED) is 0.147. The van der Waals surface area contributed by atoms with Crippen LogP contribution in [0.15, 0.2) is 78.9 Å². The SMILES string of the molecule is CSCC[C@H](NC(=O)[C@@H]1Cc2c([nH]c3ccccc23)[C@@H](c2ccc([N+](=O)[O-])cc2)N1)C(=O)OCc1ccccc1. The number of hydrogen-bond donors (Lipinski definition) is 3. The molecule has 0 fully saturated rings. The molecule has 0 aliphatic carbocycles. The Morgan fingerprint density at radius 2 is 1.80 bits per heavy atom. The molecule has 9 nitrogen and oxygen atoms in total. The van der Waals surface area contributed by atoms with Crippen molar-refractivity contribution in [2.75, 3.05) is 12.0 Å². The zero-order chi connectivity index (χ0) is 28.1. The van der Waals surface area contributed by atoms with Crippen molar-refractivity contribution in [3.63, 3.8) is 0 Å². The highest BCUT2D eigenvalue weighted by Crippen LogP contribution is 2.35. The number of thioether (sulfide) groups is 1. The van der Waals surface area contributed by atoms with Crippen LogP contribution in [0.2, 0.25) is 0 Å². The summed E-state index contributed by atoms with van der Waals surface area (Å²) in [5, 5.41) is 18.6. The first-order valence-corrected chi connectivity index (χ1v) is 14.4. The number of aromatic amines is 1. The van der Waals surface area contributed by atoms with Crippen molar-refractivity contribution in [1.82, 2.24) is 15.6 Å². The summed E-state index contributed by atoms with van der Waals surface area (Å²) in [7, 11) is 0. The lowest BCUT2D eigenvalue weighted by Gasteiger charge is -2.32. The van der Waals surface area contributed by atoms with Crippen molar-refractivity contribution in [3.8, 4) is 0 Å². The normalized spacial score (nSPS) is 17.1. The Labute approximate surface area is 235 Å². The molecular formula is C30H30N4O5S. The van der Waals surface area contributed by atoms with E-state index in [-0.39, 0.29) is 18.2 Å². The van der Waals surface area contributed by atoms with Gasteiger partial charge in [0.25, 0.3) is 5.69 Å². The van der Waals surface area contributed by atoms with E-state index >= 15 is 0 Å². The van der Waals surface area contributed by atoms with E-state index < -0.39 is 29.0 Å². The second-order valence-corrected chi connectivity index (χ2v) is 10.7. The second kappa shape index (κ2) is 12.4. The number of para-hydroxylation sites is 1. The van der Waals surface area contributed by atoms with E-state index in [0.29, 0.717) is 18.6 Å². The number of esters is 1. The largest absolute Gasteiger partial charge is 0.459 e. The van der Waals surface area contributed by atoms with Gasteiger partial charge in [0.05, 0.1) is 17.0 Å². The van der Waals surface area contributed by atoms with Gasteiger partial charge in [-0.1, -0.05) is 60.7 Å². The summed E-state index contributed by atoms with van der Waals surface area (Å²) in [5.74, 6) is -0.0889. The summed E-state index contributed by atoms with van der Waals surface area (Å²) < 4.78 is 5.55. The summed E-state index contributed by atoms with van der Waals surface area (Å²) in [6, 6.07) is 21.8. The molecule has 10 heteroatoms. The summed E-state index contributed by atoms with van der Waals surface area (Å²) in [6.07, 6.45) is 2.81. The molecule has 2 heterocycles. The third kappa shape index (κ3) is 6.03. The van der Waals surface area contributed by atoms with Crippen LogP contribution in [0.1, 0.15) is 34.8 Å². The topological polar surface area (TPSA) is 126 Å². The minimum Gasteiger partial charge on any atom is -0.459 e. The lowest BCUT2D eigenvalue weighted by atomic mass is 9.90. The lowest BCUT2D eigenvalue weighted by molar-refractivity contribution is -0.384. The summed E-state index contributed by atoms with van der Waals surface area (Å²) in [5.41, 5.74) is 4.53. The van der Waals surface area contributed by atoms with E-state index in [1.165, 1.54) is 12.1 Å². The molecule has 1 aliphatic rings. The van der Waals surface area contributed by atoms with Crippen molar-refractivity contribution < 1.29 is 19.2 Å². The molecule has 0 spiro atoms. The third-order valence-corrected chi connectivity index (χ3v) is 7.74. The van der Waals surface area contributed by atoms with Crippen LogP contribution in [-0.4, -0.2) is 45.9 Å². The monoisotopic (exact) mass is 558 g/mol. The average Bonchev–Trinajstić information content (AvgIpc) is 3.36. The predicted molar refractivity (Wildman–Crippen MR) is 155 cm³/mol. The molecule has 0 saturated carbocycles. The summed E-state index contributed by atoms with van der Waals surface area (Å²) in [6.45, 7) is 0.133. The van der Waals surface area contributed by atoms with E-state index in [0.717, 1.165) is 33.3 Å². The van der Waals surface area contributed by atoms with E-state index in [4.69, 9.17) is 4.74 Å². The molecule has 3 N–H and O–H groups in total. The number of amides is 1. The molecule has 5 rings (SSSR count). The molecule has 0 saturated heterocycles. The number of hydrogen-bond acceptors (Lipinski definition) is 7. The van der Waals surface area contributed by atoms with Crippen molar-refractivity contribution in [2.24, 2.45) is 0 Å². The molecule has 0 bridgehead atoms. The Bertz CT molecular complexity index is 1510. The number of ether oxygens (including phenoxy) is 1. The number of carbonyl (C=O) groups is 2. The Morgan fingerprint density at radius 3 is 2.52 bits per heavy atom. The average molecular weight is 559 g/mol. The number of carbonyl (C=O) groups excluding carboxylic acids is 2. The van der Waals surface area contributed by atoms with Crippen LogP contribution in [0, 0.1) is 10.1 Å². The fraction of sp³-hybridized carbons (Fsp3) is 0.267. The molecule has 3 atom stereocenters. The van der Waals surface area contributed by atoms with Crippen LogP contribution >= 0.6 is 11.8 Å². The number of rotatable bonds is 10. The van der Waals surface area contributed by atoms with Crippen molar-refractivity contribution >= 4 is 40.2 Å². The van der Waals surface area contributed by atoms with Gasteiger partial charge in [-0.25, -0.2) is 4.79 Å². The van der Waals surface area contributed by atoms with Crippen LogP contribution in [0.5, 0.6) is 0 Å². The molecule has 4 aromatic rings. The van der Waals surface area contributed by atoms with Gasteiger partial charge >= 0.3 is 5.97 Å². The van der Waals surface area contributed by atoms with E-state index in [9.17, 15) is 19.7 Å². The van der Waals surface area contributed by atoms with E-state index in [1.807, 2.05) is 60.9 Å². The zero-order valence-electron chi connectivity index (χ0n) is 22.0. The van der Waals surface area contributed by atoms with Crippen LogP contribution in [0.25, 0.3) is 10.9 Å². The minimum atomic E-state index is -0.785. The molecule has 0 radical (unpaired) electrons. The van der Waals surface area contributed by atoms with Crippen LogP contribution in [0.4, 0.5) is 5.69 Å². The number of non-ortho nitro benzene ring substituents is 1. The first-order chi connectivity index (χ1) is 19.4. The second-order valence-electron chi connectivity index (χ2n) is 9.70. The standard InChI is InChI=1S/C30H30N4O5S/c1-40-16-15-25(30(36)39-18-19-7-3-2-4-8-19)33-29(35)26-17-23-22-9-5-6-10-24(22)31-28(23)27(32-26)20-11-13-21(14-12-20)34(37)38/h2-14,25-27,31-32H,15-18H2,1H3,(H,33,35)/t25-,26-,27+/m0/s1. The van der Waals surface area contributed by atoms with Gasteiger partial charge in [0, 0.05) is 28.7 Å². The van der Waals surface area contributed by atoms with Crippen LogP contribution < -0.4 is 10.6 Å². The molecule has 206 valence electrons. The van der Waals surface area contributed by atoms with E-state index in [1.54, 1.807) is 23.9 Å². The highest BCUT2D eigenvalue weighted by atomic mass is 32.2. The number of benzene rings is 3. The van der Waals surface area contributed by atoms with Crippen LogP contribution in [0.3, 0.4) is 0 Å². The molecule has 1 aliphatic heterocycles. The lowest BCUT2D eigenvalue weighted by Crippen LogP contribution is -2.54. The Kier molecular flexibility index (Phi) is 8.47. The molecule has 1 amide bonds. The number of nitrogens with one attached hydrogen (secondary N) is 3. The first-order valence-electron chi connectivity index (χ1n) is 13.0. The van der Waals surface area contributed by atoms with Gasteiger partial charge in [-0.15, -0.1) is 0 Å². The van der Waals surface area contributed by atoms with Gasteiger partial charge in [0.2, 0.25) is 5.91 Å². The number of nitrogens with zero attached hydrogens (tertiary/aromatic N) is 1. The van der Waals surface area contributed by atoms with E-state index in [2.05, 4.69) is 15.6 Å². The van der Waals surface area contributed by atoms with Gasteiger partial charge in [-0.05, 0) is 47.6 Å². The van der Waals surface area contributed by atoms with Crippen LogP contribution in [-0.2, 0) is 27.4 Å². The molecule has 0 unspecified atom stereocenters. The Hall–Kier alpha value is -4.15. The smallest absolute Gasteiger partial charge is 0.329 e. The molecule has 3 aromatic carbocycles. The Balaban J connectivity index is 1.38. The minimum absolute atomic E-state index is 0.00336. The predicted octanol–water partition coefficient (Wildman–Crippen LogP) is 4.66. The molecular weight excluding hydrogens is 528 g/mol. The van der Waals surface area contributed by atoms with Gasteiger partial charge < -0.3 is 15.0 Å². The third-order valence-electron chi connectivity index (χ3n) is 7.10. The van der Waals surface area contributed by atoms with Gasteiger partial charge in [-0.3, -0.25) is 20.2 Å². The number of nitro groups is 1. The maximum absolute atomic E-state index is 13.7. The van der Waals surface area contributed by atoms with Gasteiger partial charge in [0.1, 0.15) is 12.6 Å². The Morgan fingerprint density at radius 1 is 1.07 bits per heavy atom. The van der Waals surface area contributed by atoms with Crippen molar-refractivity contribution in [1.29, 1.82) is 0 Å². The number of H-pyrrole nitrogens is 1. The highest BCUT2D eigenvalue weighted by molar-refractivity contribution is 7.98. The highest BCUT2D eigenvalue weighted by Gasteiger charge is 2.35. The van der Waals surface area contributed by atoms with Crippen molar-refractivity contribution in [3.05, 3.63) is 111 Å². The fourth-order valence-electron chi connectivity index (χ4n) is 5.04. The molecule has 1 aromatic heterocycles. The fourth-order valence-corrected chi connectivity index (χ4v) is 5.51. The first kappa shape index (κ1) is 27.4. The zero-order valence-corrected chi connectivity index (χ0v) is 22.8. The number of aromatic nitrogens is 1. The van der Waals surface area contributed by atoms with Gasteiger partial charge in [0.15, 0.2) is 0 Å². The maximum atomic E-state index is 13.7. The maximum Gasteiger partial charge on any atom is 0.329 e. The molecule has 40 heavy (non-hydrogen) atoms. The number of fused-ring (bicyclic) bond motifs is 3.